The number of carbonyl (C=O) groups excluding carboxylic acids is 1. The molecule has 0 atom stereocenters. The first-order valence-corrected chi connectivity index (χ1v) is 13.4. The highest BCUT2D eigenvalue weighted by molar-refractivity contribution is 8.26. The Morgan fingerprint density at radius 2 is 1.86 bits per heavy atom. The molecule has 1 amide bonds. The second kappa shape index (κ2) is 11.7. The number of thiocarbonyl (C=S) groups is 1. The van der Waals surface area contributed by atoms with Gasteiger partial charge in [-0.2, -0.15) is 5.10 Å². The first-order valence-electron chi connectivity index (χ1n) is 12.2. The number of para-hydroxylation sites is 1. The molecule has 4 rings (SSSR count). The highest BCUT2D eigenvalue weighted by Gasteiger charge is 2.32. The fourth-order valence-corrected chi connectivity index (χ4v) is 5.19. The van der Waals surface area contributed by atoms with Crippen LogP contribution in [-0.4, -0.2) is 38.1 Å². The molecule has 1 aliphatic heterocycles. The Labute approximate surface area is 217 Å². The van der Waals surface area contributed by atoms with Crippen LogP contribution in [0, 0.1) is 6.92 Å². The van der Waals surface area contributed by atoms with Crippen LogP contribution in [0.2, 0.25) is 0 Å². The van der Waals surface area contributed by atoms with E-state index in [4.69, 9.17) is 22.1 Å². The van der Waals surface area contributed by atoms with E-state index in [0.29, 0.717) is 22.4 Å². The Morgan fingerprint density at radius 1 is 1.09 bits per heavy atom. The van der Waals surface area contributed by atoms with Crippen LogP contribution in [0.3, 0.4) is 0 Å². The van der Waals surface area contributed by atoms with Crippen LogP contribution >= 0.6 is 24.0 Å². The van der Waals surface area contributed by atoms with Gasteiger partial charge in [-0.25, -0.2) is 4.68 Å². The van der Waals surface area contributed by atoms with E-state index in [-0.39, 0.29) is 5.91 Å². The molecule has 0 bridgehead atoms. The van der Waals surface area contributed by atoms with E-state index in [0.717, 1.165) is 59.5 Å². The Kier molecular flexibility index (Phi) is 8.42. The van der Waals surface area contributed by atoms with Gasteiger partial charge in [0.05, 0.1) is 17.2 Å². The third kappa shape index (κ3) is 5.85. The van der Waals surface area contributed by atoms with Crippen molar-refractivity contribution in [2.24, 2.45) is 0 Å². The van der Waals surface area contributed by atoms with Gasteiger partial charge in [-0.15, -0.1) is 0 Å². The number of rotatable bonds is 10. The van der Waals surface area contributed by atoms with Gasteiger partial charge in [0.1, 0.15) is 15.8 Å². The zero-order valence-corrected chi connectivity index (χ0v) is 22.1. The third-order valence-electron chi connectivity index (χ3n) is 5.88. The molecule has 1 fully saturated rings. The number of ether oxygens (including phenoxy) is 1. The predicted molar refractivity (Wildman–Crippen MR) is 149 cm³/mol. The second-order valence-electron chi connectivity index (χ2n) is 8.58. The van der Waals surface area contributed by atoms with Crippen LogP contribution in [-0.2, 0) is 4.79 Å². The molecule has 2 heterocycles. The van der Waals surface area contributed by atoms with Gasteiger partial charge in [-0.05, 0) is 61.7 Å². The summed E-state index contributed by atoms with van der Waals surface area (Å²) < 4.78 is 8.38. The summed E-state index contributed by atoms with van der Waals surface area (Å²) in [6.07, 6.45) is 7.99. The van der Waals surface area contributed by atoms with Gasteiger partial charge in [0.25, 0.3) is 5.91 Å². The second-order valence-corrected chi connectivity index (χ2v) is 10.3. The van der Waals surface area contributed by atoms with Crippen LogP contribution in [0.25, 0.3) is 23.0 Å². The lowest BCUT2D eigenvalue weighted by Gasteiger charge is -2.13. The van der Waals surface area contributed by atoms with Crippen molar-refractivity contribution in [1.82, 2.24) is 14.7 Å². The summed E-state index contributed by atoms with van der Waals surface area (Å²) in [6, 6.07) is 16.1. The molecule has 2 aromatic carbocycles. The average molecular weight is 506 g/mol. The van der Waals surface area contributed by atoms with E-state index >= 15 is 0 Å². The van der Waals surface area contributed by atoms with Crippen molar-refractivity contribution in [3.63, 3.8) is 0 Å². The largest absolute Gasteiger partial charge is 0.494 e. The number of hydrogen-bond donors (Lipinski definition) is 0. The van der Waals surface area contributed by atoms with Gasteiger partial charge in [0, 0.05) is 23.9 Å². The number of hydrogen-bond acceptors (Lipinski definition) is 5. The van der Waals surface area contributed by atoms with E-state index in [1.54, 1.807) is 4.90 Å². The van der Waals surface area contributed by atoms with Crippen LogP contribution < -0.4 is 4.74 Å². The van der Waals surface area contributed by atoms with E-state index in [1.165, 1.54) is 11.8 Å². The van der Waals surface area contributed by atoms with Crippen LogP contribution in [0.15, 0.2) is 59.6 Å². The van der Waals surface area contributed by atoms with Crippen molar-refractivity contribution < 1.29 is 9.53 Å². The summed E-state index contributed by atoms with van der Waals surface area (Å²) in [5.41, 5.74) is 4.75. The van der Waals surface area contributed by atoms with Crippen LogP contribution in [0.5, 0.6) is 5.75 Å². The number of aryl methyl sites for hydroxylation is 1. The van der Waals surface area contributed by atoms with Gasteiger partial charge in [0.2, 0.25) is 0 Å². The van der Waals surface area contributed by atoms with Gasteiger partial charge in [0.15, 0.2) is 0 Å². The number of carbonyl (C=O) groups is 1. The number of thioether (sulfide) groups is 1. The topological polar surface area (TPSA) is 47.4 Å². The Hall–Kier alpha value is -2.90. The van der Waals surface area contributed by atoms with Crippen LogP contribution in [0.1, 0.15) is 50.7 Å². The fraction of sp³-hybridized carbons (Fsp3) is 0.321. The number of unbranched alkanes of at least 4 members (excludes halogenated alkanes) is 2. The lowest BCUT2D eigenvalue weighted by Crippen LogP contribution is -2.28. The maximum atomic E-state index is 13.1. The molecule has 35 heavy (non-hydrogen) atoms. The summed E-state index contributed by atoms with van der Waals surface area (Å²) >= 11 is 6.87. The first kappa shape index (κ1) is 25.2. The standard InChI is InChI=1S/C28H31N3O2S2/c1-4-6-15-30-27(32)25(35-28(30)34)18-21-19-31(22-11-9-8-10-12-22)29-26(21)24-14-13-23(17-20(24)3)33-16-7-5-2/h8-14,17-19H,4-7,15-16H2,1-3H3. The van der Waals surface area contributed by atoms with E-state index < -0.39 is 0 Å². The minimum Gasteiger partial charge on any atom is -0.494 e. The molecule has 1 aromatic heterocycles. The van der Waals surface area contributed by atoms with Gasteiger partial charge in [-0.3, -0.25) is 9.69 Å². The molecule has 0 aliphatic carbocycles. The minimum absolute atomic E-state index is 0.0248. The van der Waals surface area contributed by atoms with Crippen molar-refractivity contribution in [3.8, 4) is 22.7 Å². The molecule has 7 heteroatoms. The lowest BCUT2D eigenvalue weighted by atomic mass is 10.0. The Bertz CT molecular complexity index is 1230. The van der Waals surface area contributed by atoms with Crippen molar-refractivity contribution in [1.29, 1.82) is 0 Å². The zero-order valence-electron chi connectivity index (χ0n) is 20.5. The number of nitrogens with zero attached hydrogens (tertiary/aromatic N) is 3. The number of benzene rings is 2. The zero-order chi connectivity index (χ0) is 24.8. The number of aromatic nitrogens is 2. The summed E-state index contributed by atoms with van der Waals surface area (Å²) in [6.45, 7) is 7.70. The van der Waals surface area contributed by atoms with E-state index in [9.17, 15) is 4.79 Å². The van der Waals surface area contributed by atoms with Gasteiger partial charge >= 0.3 is 0 Å². The summed E-state index contributed by atoms with van der Waals surface area (Å²) in [7, 11) is 0. The molecule has 1 aliphatic rings. The third-order valence-corrected chi connectivity index (χ3v) is 7.26. The molecule has 0 N–H and O–H groups in total. The van der Waals surface area contributed by atoms with Gasteiger partial charge < -0.3 is 4.74 Å². The molecule has 5 nitrogen and oxygen atoms in total. The SMILES string of the molecule is CCCCOc1ccc(-c2nn(-c3ccccc3)cc2C=C2SC(=S)N(CCCC)C2=O)c(C)c1. The monoisotopic (exact) mass is 505 g/mol. The maximum absolute atomic E-state index is 13.1. The van der Waals surface area contributed by atoms with E-state index in [1.807, 2.05) is 53.4 Å². The Balaban J connectivity index is 1.72. The predicted octanol–water partition coefficient (Wildman–Crippen LogP) is 7.03. The maximum Gasteiger partial charge on any atom is 0.266 e. The molecule has 0 spiro atoms. The van der Waals surface area contributed by atoms with Crippen molar-refractivity contribution >= 4 is 40.3 Å². The summed E-state index contributed by atoms with van der Waals surface area (Å²) in [5.74, 6) is 0.837. The van der Waals surface area contributed by atoms with Gasteiger partial charge in [-0.1, -0.05) is 68.9 Å². The normalized spacial score (nSPS) is 14.8. The smallest absolute Gasteiger partial charge is 0.266 e. The number of amides is 1. The first-order chi connectivity index (χ1) is 17.0. The van der Waals surface area contributed by atoms with E-state index in [2.05, 4.69) is 32.9 Å². The molecule has 0 unspecified atom stereocenters. The van der Waals surface area contributed by atoms with Crippen LogP contribution in [0.4, 0.5) is 0 Å². The highest BCUT2D eigenvalue weighted by atomic mass is 32.2. The highest BCUT2D eigenvalue weighted by Crippen LogP contribution is 2.36. The molecular weight excluding hydrogens is 474 g/mol. The van der Waals surface area contributed by atoms with Crippen molar-refractivity contribution in [2.45, 2.75) is 46.5 Å². The summed E-state index contributed by atoms with van der Waals surface area (Å²) in [5, 5.41) is 4.94. The molecule has 0 radical (unpaired) electrons. The molecule has 182 valence electrons. The molecule has 1 saturated heterocycles. The quantitative estimate of drug-likeness (QED) is 0.168. The Morgan fingerprint density at radius 3 is 2.57 bits per heavy atom. The van der Waals surface area contributed by atoms with Crippen molar-refractivity contribution in [3.05, 3.63) is 70.8 Å². The molecular formula is C28H31N3O2S2. The minimum atomic E-state index is -0.0248. The average Bonchev–Trinajstić information content (AvgIpc) is 3.39. The fourth-order valence-electron chi connectivity index (χ4n) is 3.89. The molecule has 3 aromatic rings. The van der Waals surface area contributed by atoms with Crippen molar-refractivity contribution in [2.75, 3.05) is 13.2 Å². The lowest BCUT2D eigenvalue weighted by molar-refractivity contribution is -0.122. The summed E-state index contributed by atoms with van der Waals surface area (Å²) in [4.78, 5) is 15.4. The molecule has 0 saturated carbocycles.